The molecule has 1 fully saturated rings. The number of alkyl halides is 3. The summed E-state index contributed by atoms with van der Waals surface area (Å²) in [6.45, 7) is 8.99. The highest BCUT2D eigenvalue weighted by molar-refractivity contribution is 5.73. The molecule has 1 aliphatic heterocycles. The van der Waals surface area contributed by atoms with Gasteiger partial charge in [-0.15, -0.1) is 0 Å². The van der Waals surface area contributed by atoms with Gasteiger partial charge in [0.2, 0.25) is 0 Å². The highest BCUT2D eigenvalue weighted by atomic mass is 19.4. The average molecular weight is 383 g/mol. The fraction of sp³-hybridized carbons (Fsp3) is 0.611. The van der Waals surface area contributed by atoms with Gasteiger partial charge in [0.25, 0.3) is 5.56 Å². The molecule has 148 valence electrons. The van der Waals surface area contributed by atoms with Crippen LogP contribution in [0.4, 0.5) is 13.2 Å². The van der Waals surface area contributed by atoms with Crippen LogP contribution in [-0.2, 0) is 6.42 Å². The minimum Gasteiger partial charge on any atom is -0.373 e. The Kier molecular flexibility index (Phi) is 5.30. The highest BCUT2D eigenvalue weighted by Gasteiger charge is 2.38. The van der Waals surface area contributed by atoms with Crippen molar-refractivity contribution in [2.45, 2.75) is 51.7 Å². The van der Waals surface area contributed by atoms with E-state index in [1.54, 1.807) is 4.68 Å². The molecule has 0 aromatic carbocycles. The number of hydrogen-bond donors (Lipinski definition) is 1. The summed E-state index contributed by atoms with van der Waals surface area (Å²) < 4.78 is 41.0. The number of nitrogens with one attached hydrogen (secondary N) is 1. The van der Waals surface area contributed by atoms with E-state index in [-0.39, 0.29) is 24.7 Å². The van der Waals surface area contributed by atoms with Crippen molar-refractivity contribution in [3.63, 3.8) is 0 Å². The largest absolute Gasteiger partial charge is 0.392 e. The van der Waals surface area contributed by atoms with Crippen molar-refractivity contribution in [2.24, 2.45) is 5.92 Å². The minimum atomic E-state index is -4.33. The van der Waals surface area contributed by atoms with Crippen LogP contribution in [0, 0.1) is 5.92 Å². The molecule has 2 unspecified atom stereocenters. The van der Waals surface area contributed by atoms with E-state index in [9.17, 15) is 18.0 Å². The minimum absolute atomic E-state index is 0.000289. The predicted octanol–water partition coefficient (Wildman–Crippen LogP) is 3.42. The van der Waals surface area contributed by atoms with Gasteiger partial charge in [-0.25, -0.2) is 9.67 Å². The van der Waals surface area contributed by atoms with Crippen LogP contribution in [0.1, 0.15) is 45.0 Å². The molecule has 3 rings (SSSR count). The number of allylic oxidation sites excluding steroid dienone is 1. The molecule has 0 saturated carbocycles. The van der Waals surface area contributed by atoms with E-state index in [2.05, 4.69) is 26.5 Å². The van der Waals surface area contributed by atoms with Gasteiger partial charge in [0.15, 0.2) is 5.65 Å². The SMILES string of the molecule is C=C(C)N1CCCC(n2ncc3c(=O)[nH]c(CC(CC)C(F)(F)F)nc32)C1. The van der Waals surface area contributed by atoms with Gasteiger partial charge in [0.1, 0.15) is 11.2 Å². The molecule has 0 spiro atoms. The van der Waals surface area contributed by atoms with Crippen molar-refractivity contribution >= 4 is 11.0 Å². The first-order valence-electron chi connectivity index (χ1n) is 9.14. The number of piperidine rings is 1. The van der Waals surface area contributed by atoms with Crippen LogP contribution in [0.3, 0.4) is 0 Å². The second-order valence-electron chi connectivity index (χ2n) is 7.17. The molecule has 2 atom stereocenters. The lowest BCUT2D eigenvalue weighted by Crippen LogP contribution is -2.35. The third kappa shape index (κ3) is 4.01. The van der Waals surface area contributed by atoms with Gasteiger partial charge in [-0.3, -0.25) is 4.79 Å². The van der Waals surface area contributed by atoms with Crippen LogP contribution >= 0.6 is 0 Å². The molecule has 9 heteroatoms. The lowest BCUT2D eigenvalue weighted by molar-refractivity contribution is -0.175. The van der Waals surface area contributed by atoms with Crippen LogP contribution in [0.2, 0.25) is 0 Å². The maximum Gasteiger partial charge on any atom is 0.392 e. The zero-order valence-corrected chi connectivity index (χ0v) is 15.5. The van der Waals surface area contributed by atoms with Gasteiger partial charge < -0.3 is 9.88 Å². The quantitative estimate of drug-likeness (QED) is 0.859. The monoisotopic (exact) mass is 383 g/mol. The van der Waals surface area contributed by atoms with E-state index in [1.807, 2.05) is 6.92 Å². The van der Waals surface area contributed by atoms with Crippen LogP contribution in [0.15, 0.2) is 23.3 Å². The lowest BCUT2D eigenvalue weighted by atomic mass is 10.0. The summed E-state index contributed by atoms with van der Waals surface area (Å²) in [4.78, 5) is 21.3. The zero-order valence-electron chi connectivity index (χ0n) is 15.5. The van der Waals surface area contributed by atoms with Gasteiger partial charge in [-0.2, -0.15) is 18.3 Å². The fourth-order valence-electron chi connectivity index (χ4n) is 3.57. The molecule has 2 aromatic heterocycles. The molecule has 2 aromatic rings. The van der Waals surface area contributed by atoms with Crippen molar-refractivity contribution in [1.82, 2.24) is 24.6 Å². The van der Waals surface area contributed by atoms with E-state index in [4.69, 9.17) is 0 Å². The topological polar surface area (TPSA) is 66.8 Å². The summed E-state index contributed by atoms with van der Waals surface area (Å²) in [5, 5.41) is 4.62. The maximum atomic E-state index is 13.1. The Labute approximate surface area is 155 Å². The van der Waals surface area contributed by atoms with Gasteiger partial charge in [0.05, 0.1) is 18.2 Å². The van der Waals surface area contributed by atoms with E-state index >= 15 is 0 Å². The number of H-pyrrole nitrogens is 1. The standard InChI is InChI=1S/C18H24F3N5O/c1-4-12(18(19,20)21)8-15-23-16-14(17(27)24-15)9-22-26(16)13-6-5-7-25(10-13)11(2)3/h9,12-13H,2,4-8,10H2,1,3H3,(H,23,24,27). The Morgan fingerprint density at radius 3 is 2.85 bits per heavy atom. The Morgan fingerprint density at radius 1 is 1.48 bits per heavy atom. The van der Waals surface area contributed by atoms with Crippen molar-refractivity contribution in [1.29, 1.82) is 0 Å². The van der Waals surface area contributed by atoms with Crippen molar-refractivity contribution < 1.29 is 13.2 Å². The average Bonchev–Trinajstić information content (AvgIpc) is 3.03. The first kappa shape index (κ1) is 19.4. The molecule has 6 nitrogen and oxygen atoms in total. The van der Waals surface area contributed by atoms with E-state index < -0.39 is 17.7 Å². The van der Waals surface area contributed by atoms with E-state index in [0.29, 0.717) is 17.6 Å². The number of halogens is 3. The van der Waals surface area contributed by atoms with Crippen LogP contribution in [0.5, 0.6) is 0 Å². The molecule has 1 saturated heterocycles. The third-order valence-corrected chi connectivity index (χ3v) is 5.19. The smallest absolute Gasteiger partial charge is 0.373 e. The molecule has 27 heavy (non-hydrogen) atoms. The second-order valence-corrected chi connectivity index (χ2v) is 7.17. The number of aromatic amines is 1. The highest BCUT2D eigenvalue weighted by Crippen LogP contribution is 2.31. The molecule has 0 aliphatic carbocycles. The number of aromatic nitrogens is 4. The Morgan fingerprint density at radius 2 is 2.22 bits per heavy atom. The number of likely N-dealkylation sites (tertiary alicyclic amines) is 1. The lowest BCUT2D eigenvalue weighted by Gasteiger charge is -2.34. The predicted molar refractivity (Wildman–Crippen MR) is 96.3 cm³/mol. The summed E-state index contributed by atoms with van der Waals surface area (Å²) in [5.74, 6) is -1.49. The summed E-state index contributed by atoms with van der Waals surface area (Å²) in [6.07, 6.45) is -1.50. The summed E-state index contributed by atoms with van der Waals surface area (Å²) in [7, 11) is 0. The molecule has 0 bridgehead atoms. The summed E-state index contributed by atoms with van der Waals surface area (Å²) in [5.41, 5.74) is 0.851. The maximum absolute atomic E-state index is 13.1. The van der Waals surface area contributed by atoms with Crippen molar-refractivity contribution in [3.05, 3.63) is 34.7 Å². The molecular formula is C18H24F3N5O. The molecule has 0 radical (unpaired) electrons. The third-order valence-electron chi connectivity index (χ3n) is 5.19. The van der Waals surface area contributed by atoms with Crippen LogP contribution in [-0.4, -0.2) is 43.9 Å². The van der Waals surface area contributed by atoms with Crippen molar-refractivity contribution in [2.75, 3.05) is 13.1 Å². The number of rotatable bonds is 5. The summed E-state index contributed by atoms with van der Waals surface area (Å²) in [6, 6.07) is -0.000289. The first-order valence-corrected chi connectivity index (χ1v) is 9.14. The molecule has 3 heterocycles. The van der Waals surface area contributed by atoms with Crippen LogP contribution < -0.4 is 5.56 Å². The Bertz CT molecular complexity index is 885. The van der Waals surface area contributed by atoms with Gasteiger partial charge in [0, 0.05) is 25.2 Å². The Hall–Kier alpha value is -2.32. The van der Waals surface area contributed by atoms with Crippen molar-refractivity contribution in [3.8, 4) is 0 Å². The first-order chi connectivity index (χ1) is 12.7. The normalized spacial score (nSPS) is 19.4. The van der Waals surface area contributed by atoms with Gasteiger partial charge >= 0.3 is 6.18 Å². The van der Waals surface area contributed by atoms with E-state index in [1.165, 1.54) is 13.1 Å². The summed E-state index contributed by atoms with van der Waals surface area (Å²) >= 11 is 0. The van der Waals surface area contributed by atoms with Gasteiger partial charge in [-0.1, -0.05) is 13.5 Å². The van der Waals surface area contributed by atoms with Gasteiger partial charge in [-0.05, 0) is 26.2 Å². The number of fused-ring (bicyclic) bond motifs is 1. The molecular weight excluding hydrogens is 359 g/mol. The zero-order chi connectivity index (χ0) is 19.8. The molecule has 1 N–H and O–H groups in total. The fourth-order valence-corrected chi connectivity index (χ4v) is 3.57. The van der Waals surface area contributed by atoms with Crippen LogP contribution in [0.25, 0.3) is 11.0 Å². The number of nitrogens with zero attached hydrogens (tertiary/aromatic N) is 4. The molecule has 0 amide bonds. The Balaban J connectivity index is 1.95. The number of hydrogen-bond acceptors (Lipinski definition) is 4. The van der Waals surface area contributed by atoms with E-state index in [0.717, 1.165) is 25.1 Å². The second kappa shape index (κ2) is 7.36. The molecule has 1 aliphatic rings.